The molecule has 36 heavy (non-hydrogen) atoms. The van der Waals surface area contributed by atoms with Gasteiger partial charge < -0.3 is 10.2 Å². The van der Waals surface area contributed by atoms with Crippen molar-refractivity contribution in [1.29, 1.82) is 0 Å². The molecular formula is C29H33N3O4. The highest BCUT2D eigenvalue weighted by Crippen LogP contribution is 2.22. The van der Waals surface area contributed by atoms with E-state index in [1.165, 1.54) is 6.07 Å². The number of nitro groups is 1. The molecule has 0 radical (unpaired) electrons. The van der Waals surface area contributed by atoms with Crippen LogP contribution in [0, 0.1) is 23.0 Å². The molecule has 7 heteroatoms. The van der Waals surface area contributed by atoms with E-state index in [1.807, 2.05) is 75.4 Å². The fraction of sp³-hybridized carbons (Fsp3) is 0.310. The molecule has 0 heterocycles. The van der Waals surface area contributed by atoms with Crippen molar-refractivity contribution in [3.8, 4) is 0 Å². The molecule has 7 nitrogen and oxygen atoms in total. The largest absolute Gasteiger partial charge is 0.354 e. The number of amides is 2. The van der Waals surface area contributed by atoms with Crippen LogP contribution in [0.3, 0.4) is 0 Å². The van der Waals surface area contributed by atoms with E-state index in [9.17, 15) is 19.7 Å². The summed E-state index contributed by atoms with van der Waals surface area (Å²) in [5.41, 5.74) is 3.08. The van der Waals surface area contributed by atoms with Crippen LogP contribution < -0.4 is 5.32 Å². The van der Waals surface area contributed by atoms with Gasteiger partial charge >= 0.3 is 0 Å². The van der Waals surface area contributed by atoms with Crippen LogP contribution >= 0.6 is 0 Å². The third-order valence-electron chi connectivity index (χ3n) is 5.92. The van der Waals surface area contributed by atoms with Crippen LogP contribution in [0.25, 0.3) is 0 Å². The van der Waals surface area contributed by atoms with Crippen molar-refractivity contribution >= 4 is 17.5 Å². The molecule has 1 N–H and O–H groups in total. The Morgan fingerprint density at radius 3 is 2.28 bits per heavy atom. The number of aryl methyl sites for hydroxylation is 1. The first kappa shape index (κ1) is 26.6. The first-order chi connectivity index (χ1) is 17.2. The third-order valence-corrected chi connectivity index (χ3v) is 5.92. The number of nitrogens with zero attached hydrogens (tertiary/aromatic N) is 2. The number of rotatable bonds is 11. The highest BCUT2D eigenvalue weighted by molar-refractivity contribution is 5.89. The van der Waals surface area contributed by atoms with Gasteiger partial charge in [-0.25, -0.2) is 0 Å². The van der Waals surface area contributed by atoms with E-state index >= 15 is 0 Å². The van der Waals surface area contributed by atoms with Gasteiger partial charge in [-0.2, -0.15) is 0 Å². The molecule has 0 unspecified atom stereocenters. The lowest BCUT2D eigenvalue weighted by atomic mass is 10.0. The van der Waals surface area contributed by atoms with Gasteiger partial charge in [0.25, 0.3) is 5.69 Å². The second kappa shape index (κ2) is 12.6. The van der Waals surface area contributed by atoms with Crippen molar-refractivity contribution in [1.82, 2.24) is 10.2 Å². The molecule has 0 aliphatic rings. The zero-order chi connectivity index (χ0) is 26.1. The first-order valence-corrected chi connectivity index (χ1v) is 12.1. The number of hydrogen-bond acceptors (Lipinski definition) is 4. The SMILES string of the molecule is Cc1cccc(CN(C(=O)Cc2ccccc2[N+](=O)[O-])[C@@H](Cc2ccccc2)C(=O)NCC(C)C)c1. The zero-order valence-corrected chi connectivity index (χ0v) is 21.0. The number of hydrogen-bond donors (Lipinski definition) is 1. The number of carbonyl (C=O) groups excluding carboxylic acids is 2. The summed E-state index contributed by atoms with van der Waals surface area (Å²) in [6, 6.07) is 22.8. The Bertz CT molecular complexity index is 1190. The second-order valence-corrected chi connectivity index (χ2v) is 9.42. The van der Waals surface area contributed by atoms with E-state index in [4.69, 9.17) is 0 Å². The quantitative estimate of drug-likeness (QED) is 0.309. The van der Waals surface area contributed by atoms with Crippen LogP contribution in [-0.4, -0.2) is 34.2 Å². The second-order valence-electron chi connectivity index (χ2n) is 9.42. The standard InChI is InChI=1S/C29H33N3O4/c1-21(2)19-30-29(34)27(17-23-11-5-4-6-12-23)31(20-24-13-9-10-22(3)16-24)28(33)18-25-14-7-8-15-26(25)32(35)36/h4-16,21,27H,17-20H2,1-3H3,(H,30,34)/t27-/m0/s1. The van der Waals surface area contributed by atoms with Crippen molar-refractivity contribution in [2.45, 2.75) is 46.2 Å². The van der Waals surface area contributed by atoms with Gasteiger partial charge in [-0.1, -0.05) is 92.2 Å². The number of benzene rings is 3. The lowest BCUT2D eigenvalue weighted by Crippen LogP contribution is -2.51. The van der Waals surface area contributed by atoms with E-state index in [-0.39, 0.29) is 36.4 Å². The van der Waals surface area contributed by atoms with E-state index in [0.29, 0.717) is 18.5 Å². The molecule has 0 saturated carbocycles. The molecule has 0 bridgehead atoms. The van der Waals surface area contributed by atoms with Crippen LogP contribution in [0.4, 0.5) is 5.69 Å². The number of para-hydroxylation sites is 1. The Hall–Kier alpha value is -4.00. The fourth-order valence-electron chi connectivity index (χ4n) is 4.09. The minimum atomic E-state index is -0.776. The van der Waals surface area contributed by atoms with Gasteiger partial charge in [-0.05, 0) is 24.0 Å². The van der Waals surface area contributed by atoms with Crippen molar-refractivity contribution in [3.05, 3.63) is 111 Å². The Kier molecular flexibility index (Phi) is 9.33. The summed E-state index contributed by atoms with van der Waals surface area (Å²) in [4.78, 5) is 39.9. The summed E-state index contributed by atoms with van der Waals surface area (Å²) in [5, 5.41) is 14.5. The molecule has 3 rings (SSSR count). The molecule has 0 saturated heterocycles. The highest BCUT2D eigenvalue weighted by Gasteiger charge is 2.31. The van der Waals surface area contributed by atoms with Crippen LogP contribution in [0.2, 0.25) is 0 Å². The maximum atomic E-state index is 13.8. The molecule has 3 aromatic carbocycles. The predicted molar refractivity (Wildman–Crippen MR) is 140 cm³/mol. The summed E-state index contributed by atoms with van der Waals surface area (Å²) >= 11 is 0. The van der Waals surface area contributed by atoms with Gasteiger partial charge in [0.15, 0.2) is 0 Å². The minimum absolute atomic E-state index is 0.106. The van der Waals surface area contributed by atoms with Gasteiger partial charge in [0.2, 0.25) is 11.8 Å². The van der Waals surface area contributed by atoms with Gasteiger partial charge in [0.05, 0.1) is 11.3 Å². The van der Waals surface area contributed by atoms with E-state index < -0.39 is 11.0 Å². The maximum absolute atomic E-state index is 13.8. The van der Waals surface area contributed by atoms with Crippen LogP contribution in [0.15, 0.2) is 78.9 Å². The minimum Gasteiger partial charge on any atom is -0.354 e. The van der Waals surface area contributed by atoms with Gasteiger partial charge in [-0.3, -0.25) is 19.7 Å². The normalized spacial score (nSPS) is 11.7. The van der Waals surface area contributed by atoms with Gasteiger partial charge in [0, 0.05) is 31.1 Å². The number of nitrogens with one attached hydrogen (secondary N) is 1. The molecule has 0 aliphatic carbocycles. The Morgan fingerprint density at radius 1 is 0.944 bits per heavy atom. The summed E-state index contributed by atoms with van der Waals surface area (Å²) in [6.45, 7) is 6.70. The maximum Gasteiger partial charge on any atom is 0.273 e. The van der Waals surface area contributed by atoms with Gasteiger partial charge in [0.1, 0.15) is 6.04 Å². The Balaban J connectivity index is 2.00. The molecular weight excluding hydrogens is 454 g/mol. The molecule has 0 aromatic heterocycles. The molecule has 0 fully saturated rings. The molecule has 3 aromatic rings. The van der Waals surface area contributed by atoms with E-state index in [0.717, 1.165) is 16.7 Å². The third kappa shape index (κ3) is 7.50. The number of carbonyl (C=O) groups is 2. The van der Waals surface area contributed by atoms with Crippen LogP contribution in [-0.2, 0) is 29.0 Å². The molecule has 1 atom stereocenters. The molecule has 0 aliphatic heterocycles. The van der Waals surface area contributed by atoms with E-state index in [2.05, 4.69) is 5.32 Å². The average molecular weight is 488 g/mol. The Morgan fingerprint density at radius 2 is 1.61 bits per heavy atom. The van der Waals surface area contributed by atoms with Crippen molar-refractivity contribution < 1.29 is 14.5 Å². The van der Waals surface area contributed by atoms with Crippen molar-refractivity contribution in [2.24, 2.45) is 5.92 Å². The first-order valence-electron chi connectivity index (χ1n) is 12.1. The molecule has 2 amide bonds. The summed E-state index contributed by atoms with van der Waals surface area (Å²) < 4.78 is 0. The predicted octanol–water partition coefficient (Wildman–Crippen LogP) is 4.86. The average Bonchev–Trinajstić information content (AvgIpc) is 2.85. The molecule has 0 spiro atoms. The van der Waals surface area contributed by atoms with Gasteiger partial charge in [-0.15, -0.1) is 0 Å². The monoisotopic (exact) mass is 487 g/mol. The lowest BCUT2D eigenvalue weighted by molar-refractivity contribution is -0.385. The fourth-order valence-corrected chi connectivity index (χ4v) is 4.09. The molecule has 188 valence electrons. The topological polar surface area (TPSA) is 92.6 Å². The Labute approximate surface area is 212 Å². The summed E-state index contributed by atoms with van der Waals surface area (Å²) in [6.07, 6.45) is 0.158. The summed E-state index contributed by atoms with van der Waals surface area (Å²) in [5.74, 6) is -0.332. The van der Waals surface area contributed by atoms with Crippen LogP contribution in [0.1, 0.15) is 36.1 Å². The van der Waals surface area contributed by atoms with Crippen molar-refractivity contribution in [3.63, 3.8) is 0 Å². The lowest BCUT2D eigenvalue weighted by Gasteiger charge is -2.32. The zero-order valence-electron chi connectivity index (χ0n) is 21.0. The number of nitro benzene ring substituents is 1. The van der Waals surface area contributed by atoms with E-state index in [1.54, 1.807) is 23.1 Å². The highest BCUT2D eigenvalue weighted by atomic mass is 16.6. The van der Waals surface area contributed by atoms with Crippen molar-refractivity contribution in [2.75, 3.05) is 6.54 Å². The van der Waals surface area contributed by atoms with Crippen LogP contribution in [0.5, 0.6) is 0 Å². The smallest absolute Gasteiger partial charge is 0.273 e. The summed E-state index contributed by atoms with van der Waals surface area (Å²) in [7, 11) is 0.